The number of halogens is 1. The predicted molar refractivity (Wildman–Crippen MR) is 73.0 cm³/mol. The van der Waals surface area contributed by atoms with Crippen molar-refractivity contribution >= 4 is 17.9 Å². The third-order valence-corrected chi connectivity index (χ3v) is 3.22. The van der Waals surface area contributed by atoms with E-state index in [4.69, 9.17) is 21.1 Å². The van der Waals surface area contributed by atoms with Crippen molar-refractivity contribution in [3.05, 3.63) is 22.2 Å². The van der Waals surface area contributed by atoms with E-state index >= 15 is 0 Å². The maximum Gasteiger partial charge on any atom is 0.179 e. The Morgan fingerprint density at radius 1 is 1.33 bits per heavy atom. The van der Waals surface area contributed by atoms with Crippen LogP contribution in [0.5, 0.6) is 11.5 Å². The van der Waals surface area contributed by atoms with Gasteiger partial charge in [-0.3, -0.25) is 0 Å². The van der Waals surface area contributed by atoms with Crippen LogP contribution in [0.4, 0.5) is 0 Å². The Labute approximate surface area is 113 Å². The van der Waals surface area contributed by atoms with E-state index in [-0.39, 0.29) is 5.92 Å². The third kappa shape index (κ3) is 2.96. The van der Waals surface area contributed by atoms with Gasteiger partial charge in [0.1, 0.15) is 6.29 Å². The van der Waals surface area contributed by atoms with Crippen LogP contribution in [0.3, 0.4) is 0 Å². The molecule has 4 heteroatoms. The Morgan fingerprint density at radius 2 is 2.00 bits per heavy atom. The normalized spacial score (nSPS) is 10.6. The number of rotatable bonds is 6. The highest BCUT2D eigenvalue weighted by Gasteiger charge is 2.19. The molecule has 0 amide bonds. The van der Waals surface area contributed by atoms with Gasteiger partial charge in [-0.2, -0.15) is 0 Å². The molecule has 0 aliphatic carbocycles. The SMILES string of the molecule is COc1cc(CCC=O)c(C(C)C)c(Cl)c1OC. The van der Waals surface area contributed by atoms with E-state index in [1.54, 1.807) is 14.2 Å². The lowest BCUT2D eigenvalue weighted by Gasteiger charge is -2.19. The molecule has 0 N–H and O–H groups in total. The van der Waals surface area contributed by atoms with Gasteiger partial charge in [0.25, 0.3) is 0 Å². The van der Waals surface area contributed by atoms with Gasteiger partial charge >= 0.3 is 0 Å². The number of benzene rings is 1. The van der Waals surface area contributed by atoms with Crippen molar-refractivity contribution in [3.63, 3.8) is 0 Å². The lowest BCUT2D eigenvalue weighted by molar-refractivity contribution is -0.107. The quantitative estimate of drug-likeness (QED) is 0.741. The fourth-order valence-corrected chi connectivity index (χ4v) is 2.57. The fraction of sp³-hybridized carbons (Fsp3) is 0.500. The zero-order valence-electron chi connectivity index (χ0n) is 11.2. The van der Waals surface area contributed by atoms with Crippen molar-refractivity contribution in [3.8, 4) is 11.5 Å². The molecule has 0 unspecified atom stereocenters. The Morgan fingerprint density at radius 3 is 2.44 bits per heavy atom. The Bertz CT molecular complexity index is 428. The summed E-state index contributed by atoms with van der Waals surface area (Å²) in [7, 11) is 3.14. The largest absolute Gasteiger partial charge is 0.493 e. The van der Waals surface area contributed by atoms with Gasteiger partial charge in [0.05, 0.1) is 19.2 Å². The van der Waals surface area contributed by atoms with Gasteiger partial charge in [0, 0.05) is 6.42 Å². The summed E-state index contributed by atoms with van der Waals surface area (Å²) in [6.07, 6.45) is 2.05. The maximum absolute atomic E-state index is 10.5. The van der Waals surface area contributed by atoms with Gasteiger partial charge in [-0.05, 0) is 29.5 Å². The predicted octanol–water partition coefficient (Wildman–Crippen LogP) is 3.61. The van der Waals surface area contributed by atoms with Crippen molar-refractivity contribution in [2.24, 2.45) is 0 Å². The van der Waals surface area contributed by atoms with Crippen LogP contribution in [-0.4, -0.2) is 20.5 Å². The highest BCUT2D eigenvalue weighted by molar-refractivity contribution is 6.33. The molecular formula is C14H19ClO3. The average molecular weight is 271 g/mol. The summed E-state index contributed by atoms with van der Waals surface area (Å²) in [5, 5.41) is 0.577. The minimum absolute atomic E-state index is 0.263. The first kappa shape index (κ1) is 14.8. The van der Waals surface area contributed by atoms with Gasteiger partial charge < -0.3 is 14.3 Å². The van der Waals surface area contributed by atoms with Crippen molar-refractivity contribution in [1.82, 2.24) is 0 Å². The van der Waals surface area contributed by atoms with E-state index in [0.717, 1.165) is 17.4 Å². The standard InChI is InChI=1S/C14H19ClO3/c1-9(2)12-10(6-5-7-16)8-11(17-3)14(18-4)13(12)15/h7-9H,5-6H2,1-4H3. The van der Waals surface area contributed by atoms with Gasteiger partial charge in [-0.15, -0.1) is 0 Å². The molecule has 1 aromatic carbocycles. The molecule has 0 aliphatic rings. The third-order valence-electron chi connectivity index (χ3n) is 2.84. The zero-order chi connectivity index (χ0) is 13.7. The number of carbonyl (C=O) groups excluding carboxylic acids is 1. The number of aryl methyl sites for hydroxylation is 1. The summed E-state index contributed by atoms with van der Waals surface area (Å²) in [4.78, 5) is 10.5. The molecule has 0 fully saturated rings. The monoisotopic (exact) mass is 270 g/mol. The smallest absolute Gasteiger partial charge is 0.179 e. The van der Waals surface area contributed by atoms with Gasteiger partial charge in [-0.25, -0.2) is 0 Å². The molecular weight excluding hydrogens is 252 g/mol. The van der Waals surface area contributed by atoms with Crippen LogP contribution in [0.2, 0.25) is 5.02 Å². The minimum Gasteiger partial charge on any atom is -0.493 e. The molecule has 0 radical (unpaired) electrons. The number of hydrogen-bond donors (Lipinski definition) is 0. The van der Waals surface area contributed by atoms with Crippen LogP contribution in [0, 0.1) is 0 Å². The van der Waals surface area contributed by atoms with Crippen LogP contribution in [-0.2, 0) is 11.2 Å². The first-order valence-electron chi connectivity index (χ1n) is 5.93. The Balaban J connectivity index is 3.39. The summed E-state index contributed by atoms with van der Waals surface area (Å²) in [6.45, 7) is 4.13. The molecule has 0 spiro atoms. The van der Waals surface area contributed by atoms with E-state index in [2.05, 4.69) is 13.8 Å². The molecule has 0 bridgehead atoms. The Hall–Kier alpha value is -1.22. The highest BCUT2D eigenvalue weighted by atomic mass is 35.5. The number of hydrogen-bond acceptors (Lipinski definition) is 3. The van der Waals surface area contributed by atoms with Crippen molar-refractivity contribution < 1.29 is 14.3 Å². The van der Waals surface area contributed by atoms with Gasteiger partial charge in [0.15, 0.2) is 11.5 Å². The van der Waals surface area contributed by atoms with Crippen molar-refractivity contribution in [2.45, 2.75) is 32.6 Å². The van der Waals surface area contributed by atoms with Gasteiger partial charge in [-0.1, -0.05) is 25.4 Å². The average Bonchev–Trinajstić information content (AvgIpc) is 2.34. The topological polar surface area (TPSA) is 35.5 Å². The number of carbonyl (C=O) groups is 1. The second-order valence-electron chi connectivity index (χ2n) is 4.36. The minimum atomic E-state index is 0.263. The molecule has 3 nitrogen and oxygen atoms in total. The van der Waals surface area contributed by atoms with Crippen molar-refractivity contribution in [1.29, 1.82) is 0 Å². The molecule has 1 aromatic rings. The van der Waals surface area contributed by atoms with Gasteiger partial charge in [0.2, 0.25) is 0 Å². The van der Waals surface area contributed by atoms with Crippen LogP contribution in [0.25, 0.3) is 0 Å². The lowest BCUT2D eigenvalue weighted by Crippen LogP contribution is -2.02. The fourth-order valence-electron chi connectivity index (χ4n) is 2.06. The van der Waals surface area contributed by atoms with Crippen LogP contribution >= 0.6 is 11.6 Å². The summed E-state index contributed by atoms with van der Waals surface area (Å²) in [6, 6.07) is 1.91. The second kappa shape index (κ2) is 6.64. The lowest BCUT2D eigenvalue weighted by atomic mass is 9.93. The zero-order valence-corrected chi connectivity index (χ0v) is 12.0. The highest BCUT2D eigenvalue weighted by Crippen LogP contribution is 2.42. The summed E-state index contributed by atoms with van der Waals surface area (Å²) in [5.41, 5.74) is 2.07. The molecule has 0 aliphatic heterocycles. The Kier molecular flexibility index (Phi) is 5.48. The van der Waals surface area contributed by atoms with Crippen LogP contribution in [0.1, 0.15) is 37.3 Å². The molecule has 100 valence electrons. The first-order valence-corrected chi connectivity index (χ1v) is 6.31. The van der Waals surface area contributed by atoms with Crippen LogP contribution in [0.15, 0.2) is 6.07 Å². The molecule has 0 saturated heterocycles. The molecule has 0 atom stereocenters. The number of aldehydes is 1. The van der Waals surface area contributed by atoms with Crippen molar-refractivity contribution in [2.75, 3.05) is 14.2 Å². The first-order chi connectivity index (χ1) is 8.56. The van der Waals surface area contributed by atoms with E-state index in [9.17, 15) is 4.79 Å². The van der Waals surface area contributed by atoms with E-state index in [1.807, 2.05) is 6.07 Å². The molecule has 1 rings (SSSR count). The molecule has 0 heterocycles. The summed E-state index contributed by atoms with van der Waals surface area (Å²) >= 11 is 6.38. The summed E-state index contributed by atoms with van der Waals surface area (Å²) in [5.74, 6) is 1.42. The number of methoxy groups -OCH3 is 2. The van der Waals surface area contributed by atoms with E-state index < -0.39 is 0 Å². The molecule has 0 saturated carbocycles. The molecule has 0 aromatic heterocycles. The number of ether oxygens (including phenoxy) is 2. The molecule has 18 heavy (non-hydrogen) atoms. The van der Waals surface area contributed by atoms with Crippen LogP contribution < -0.4 is 9.47 Å². The summed E-state index contributed by atoms with van der Waals surface area (Å²) < 4.78 is 10.6. The van der Waals surface area contributed by atoms with E-state index in [1.165, 1.54) is 0 Å². The second-order valence-corrected chi connectivity index (χ2v) is 4.74. The van der Waals surface area contributed by atoms with E-state index in [0.29, 0.717) is 29.4 Å². The maximum atomic E-state index is 10.5.